The lowest BCUT2D eigenvalue weighted by Crippen LogP contribution is -2.14. The van der Waals surface area contributed by atoms with Crippen LogP contribution in [0.5, 0.6) is 0 Å². The molecular formula is C20H22N2O2. The third-order valence-electron chi connectivity index (χ3n) is 4.17. The van der Waals surface area contributed by atoms with Crippen molar-refractivity contribution in [1.29, 1.82) is 0 Å². The number of amides is 1. The van der Waals surface area contributed by atoms with Crippen molar-refractivity contribution < 1.29 is 9.32 Å². The van der Waals surface area contributed by atoms with Gasteiger partial charge >= 0.3 is 0 Å². The van der Waals surface area contributed by atoms with Gasteiger partial charge in [0.1, 0.15) is 5.69 Å². The summed E-state index contributed by atoms with van der Waals surface area (Å²) < 4.78 is 5.40. The highest BCUT2D eigenvalue weighted by atomic mass is 16.5. The largest absolute Gasteiger partial charge is 0.356 e. The molecule has 0 unspecified atom stereocenters. The average molecular weight is 322 g/mol. The van der Waals surface area contributed by atoms with Crippen molar-refractivity contribution >= 4 is 22.6 Å². The lowest BCUT2D eigenvalue weighted by molar-refractivity contribution is -0.115. The Bertz CT molecular complexity index is 877. The van der Waals surface area contributed by atoms with E-state index >= 15 is 0 Å². The fraction of sp³-hybridized carbons (Fsp3) is 0.300. The van der Waals surface area contributed by atoms with Crippen molar-refractivity contribution in [3.8, 4) is 0 Å². The van der Waals surface area contributed by atoms with Gasteiger partial charge in [-0.25, -0.2) is 0 Å². The van der Waals surface area contributed by atoms with Gasteiger partial charge in [0.2, 0.25) is 5.91 Å². The number of nitrogens with one attached hydrogen (secondary N) is 1. The molecule has 0 saturated heterocycles. The molecule has 124 valence electrons. The van der Waals surface area contributed by atoms with Gasteiger partial charge < -0.3 is 9.84 Å². The third-order valence-corrected chi connectivity index (χ3v) is 4.17. The molecule has 0 aliphatic carbocycles. The number of benzene rings is 2. The number of fused-ring (bicyclic) bond motifs is 1. The Morgan fingerprint density at radius 1 is 1.17 bits per heavy atom. The van der Waals surface area contributed by atoms with E-state index < -0.39 is 0 Å². The van der Waals surface area contributed by atoms with Crippen LogP contribution in [-0.4, -0.2) is 11.1 Å². The second-order valence-electron chi connectivity index (χ2n) is 6.59. The highest BCUT2D eigenvalue weighted by Gasteiger charge is 2.14. The van der Waals surface area contributed by atoms with Crippen LogP contribution in [-0.2, 0) is 11.2 Å². The minimum atomic E-state index is -0.0957. The summed E-state index contributed by atoms with van der Waals surface area (Å²) in [4.78, 5) is 12.3. The fourth-order valence-corrected chi connectivity index (χ4v) is 2.88. The van der Waals surface area contributed by atoms with Gasteiger partial charge in [0.05, 0.1) is 6.42 Å². The van der Waals surface area contributed by atoms with E-state index in [1.54, 1.807) is 0 Å². The van der Waals surface area contributed by atoms with Gasteiger partial charge in [0.15, 0.2) is 5.58 Å². The minimum absolute atomic E-state index is 0.0957. The van der Waals surface area contributed by atoms with Crippen LogP contribution in [0, 0.1) is 13.8 Å². The lowest BCUT2D eigenvalue weighted by atomic mass is 10.0. The van der Waals surface area contributed by atoms with Crippen molar-refractivity contribution in [1.82, 2.24) is 5.16 Å². The number of nitrogens with zero attached hydrogens (tertiary/aromatic N) is 1. The first-order chi connectivity index (χ1) is 11.4. The first-order valence-corrected chi connectivity index (χ1v) is 8.19. The number of anilines is 1. The van der Waals surface area contributed by atoms with Crippen LogP contribution in [0.3, 0.4) is 0 Å². The van der Waals surface area contributed by atoms with Gasteiger partial charge in [0.25, 0.3) is 0 Å². The third kappa shape index (κ3) is 3.32. The summed E-state index contributed by atoms with van der Waals surface area (Å²) in [5, 5.41) is 7.91. The van der Waals surface area contributed by atoms with E-state index in [1.807, 2.05) is 50.2 Å². The van der Waals surface area contributed by atoms with Gasteiger partial charge in [-0.15, -0.1) is 0 Å². The highest BCUT2D eigenvalue weighted by Crippen LogP contribution is 2.24. The van der Waals surface area contributed by atoms with Crippen molar-refractivity contribution in [3.63, 3.8) is 0 Å². The van der Waals surface area contributed by atoms with E-state index in [-0.39, 0.29) is 12.3 Å². The SMILES string of the molecule is Cc1cc(C)c2onc(CC(=O)Nc3ccc(C(C)C)cc3)c2c1. The summed E-state index contributed by atoms with van der Waals surface area (Å²) in [5.74, 6) is 0.379. The Kier molecular flexibility index (Phi) is 4.38. The number of rotatable bonds is 4. The molecule has 0 atom stereocenters. The summed E-state index contributed by atoms with van der Waals surface area (Å²) in [7, 11) is 0. The molecule has 1 amide bonds. The van der Waals surface area contributed by atoms with Gasteiger partial charge in [0, 0.05) is 11.1 Å². The number of aromatic nitrogens is 1. The Balaban J connectivity index is 1.75. The lowest BCUT2D eigenvalue weighted by Gasteiger charge is -2.08. The number of carbonyl (C=O) groups is 1. The first-order valence-electron chi connectivity index (χ1n) is 8.19. The summed E-state index contributed by atoms with van der Waals surface area (Å²) in [5.41, 5.74) is 5.64. The van der Waals surface area contributed by atoms with Gasteiger partial charge in [-0.1, -0.05) is 37.2 Å². The predicted octanol–water partition coefficient (Wildman–Crippen LogP) is 4.75. The van der Waals surface area contributed by atoms with E-state index in [4.69, 9.17) is 4.52 Å². The van der Waals surface area contributed by atoms with E-state index in [0.717, 1.165) is 27.8 Å². The molecule has 2 aromatic carbocycles. The minimum Gasteiger partial charge on any atom is -0.356 e. The topological polar surface area (TPSA) is 55.1 Å². The Labute approximate surface area is 141 Å². The number of hydrogen-bond donors (Lipinski definition) is 1. The standard InChI is InChI=1S/C20H22N2O2/c1-12(2)15-5-7-16(8-6-15)21-19(23)11-18-17-10-13(3)9-14(4)20(17)24-22-18/h5-10,12H,11H2,1-4H3,(H,21,23). The molecule has 0 bridgehead atoms. The molecule has 0 aliphatic heterocycles. The zero-order valence-corrected chi connectivity index (χ0v) is 14.5. The van der Waals surface area contributed by atoms with Crippen molar-refractivity contribution in [2.45, 2.75) is 40.0 Å². The molecule has 3 aromatic rings. The molecular weight excluding hydrogens is 300 g/mol. The van der Waals surface area contributed by atoms with Crippen LogP contribution in [0.15, 0.2) is 40.9 Å². The zero-order valence-electron chi connectivity index (χ0n) is 14.5. The Morgan fingerprint density at radius 2 is 1.88 bits per heavy atom. The smallest absolute Gasteiger partial charge is 0.230 e. The number of hydrogen-bond acceptors (Lipinski definition) is 3. The number of carbonyl (C=O) groups excluding carboxylic acids is 1. The molecule has 0 radical (unpaired) electrons. The summed E-state index contributed by atoms with van der Waals surface area (Å²) in [6, 6.07) is 12.0. The molecule has 4 heteroatoms. The van der Waals surface area contributed by atoms with Crippen LogP contribution in [0.1, 0.15) is 42.1 Å². The van der Waals surface area contributed by atoms with Crippen molar-refractivity contribution in [2.24, 2.45) is 0 Å². The quantitative estimate of drug-likeness (QED) is 0.754. The monoisotopic (exact) mass is 322 g/mol. The second-order valence-corrected chi connectivity index (χ2v) is 6.59. The Hall–Kier alpha value is -2.62. The fourth-order valence-electron chi connectivity index (χ4n) is 2.88. The highest BCUT2D eigenvalue weighted by molar-refractivity contribution is 5.95. The maximum absolute atomic E-state index is 12.3. The first kappa shape index (κ1) is 16.2. The molecule has 1 aromatic heterocycles. The van der Waals surface area contributed by atoms with E-state index in [0.29, 0.717) is 11.6 Å². The molecule has 0 aliphatic rings. The molecule has 0 fully saturated rings. The Morgan fingerprint density at radius 3 is 2.54 bits per heavy atom. The van der Waals surface area contributed by atoms with E-state index in [1.165, 1.54) is 5.56 Å². The van der Waals surface area contributed by atoms with Crippen LogP contribution < -0.4 is 5.32 Å². The van der Waals surface area contributed by atoms with Crippen LogP contribution in [0.4, 0.5) is 5.69 Å². The summed E-state index contributed by atoms with van der Waals surface area (Å²) in [6.45, 7) is 8.31. The molecule has 1 heterocycles. The maximum atomic E-state index is 12.3. The predicted molar refractivity (Wildman–Crippen MR) is 96.3 cm³/mol. The molecule has 1 N–H and O–H groups in total. The van der Waals surface area contributed by atoms with Gasteiger partial charge in [-0.3, -0.25) is 4.79 Å². The van der Waals surface area contributed by atoms with E-state index in [2.05, 4.69) is 24.3 Å². The molecule has 0 spiro atoms. The second kappa shape index (κ2) is 6.48. The molecule has 4 nitrogen and oxygen atoms in total. The molecule has 0 saturated carbocycles. The van der Waals surface area contributed by atoms with Gasteiger partial charge in [-0.05, 0) is 54.7 Å². The van der Waals surface area contributed by atoms with Gasteiger partial charge in [-0.2, -0.15) is 0 Å². The van der Waals surface area contributed by atoms with Crippen LogP contribution in [0.25, 0.3) is 11.0 Å². The molecule has 24 heavy (non-hydrogen) atoms. The van der Waals surface area contributed by atoms with E-state index in [9.17, 15) is 4.79 Å². The van der Waals surface area contributed by atoms with Crippen molar-refractivity contribution in [2.75, 3.05) is 5.32 Å². The van der Waals surface area contributed by atoms with Crippen LogP contribution >= 0.6 is 0 Å². The van der Waals surface area contributed by atoms with Crippen LogP contribution in [0.2, 0.25) is 0 Å². The maximum Gasteiger partial charge on any atom is 0.230 e. The van der Waals surface area contributed by atoms with Crippen molar-refractivity contribution in [3.05, 3.63) is 58.8 Å². The summed E-state index contributed by atoms with van der Waals surface area (Å²) in [6.07, 6.45) is 0.196. The number of aryl methyl sites for hydroxylation is 2. The average Bonchev–Trinajstić information content (AvgIpc) is 2.91. The normalized spacial score (nSPS) is 11.2. The molecule has 3 rings (SSSR count). The summed E-state index contributed by atoms with van der Waals surface area (Å²) >= 11 is 0. The zero-order chi connectivity index (χ0) is 17.3.